The van der Waals surface area contributed by atoms with Gasteiger partial charge in [0.25, 0.3) is 0 Å². The number of ketones is 1. The first-order valence-corrected chi connectivity index (χ1v) is 6.32. The molecule has 19 heavy (non-hydrogen) atoms. The number of furan rings is 1. The van der Waals surface area contributed by atoms with Crippen molar-refractivity contribution in [1.82, 2.24) is 9.97 Å². The molecular weight excluding hydrogens is 262 g/mol. The van der Waals surface area contributed by atoms with Gasteiger partial charge in [-0.2, -0.15) is 0 Å². The smallest absolute Gasteiger partial charge is 0.206 e. The Labute approximate surface area is 112 Å². The number of anilines is 1. The van der Waals surface area contributed by atoms with Crippen LogP contribution in [0.3, 0.4) is 0 Å². The molecule has 0 saturated carbocycles. The van der Waals surface area contributed by atoms with E-state index in [-0.39, 0.29) is 5.78 Å². The number of pyridine rings is 1. The molecule has 5 nitrogen and oxygen atoms in total. The lowest BCUT2D eigenvalue weighted by molar-refractivity contribution is 0.104. The Bertz CT molecular complexity index is 705. The van der Waals surface area contributed by atoms with Crippen molar-refractivity contribution in [2.45, 2.75) is 0 Å². The van der Waals surface area contributed by atoms with Gasteiger partial charge in [-0.3, -0.25) is 9.78 Å². The van der Waals surface area contributed by atoms with E-state index >= 15 is 0 Å². The van der Waals surface area contributed by atoms with Crippen molar-refractivity contribution in [2.75, 3.05) is 5.73 Å². The van der Waals surface area contributed by atoms with Gasteiger partial charge in [-0.1, -0.05) is 11.3 Å². The second-order valence-corrected chi connectivity index (χ2v) is 4.81. The van der Waals surface area contributed by atoms with Gasteiger partial charge >= 0.3 is 0 Å². The first kappa shape index (κ1) is 11.6. The summed E-state index contributed by atoms with van der Waals surface area (Å²) in [6.07, 6.45) is 4.67. The molecule has 0 aliphatic heterocycles. The number of nitrogens with zero attached hydrogens (tertiary/aromatic N) is 2. The standard InChI is InChI=1S/C13H9N3O2S/c14-13-16-10(9-4-2-6-18-9)12(19-13)11(17)8-3-1-5-15-7-8/h1-7H,(H2,14,16). The minimum absolute atomic E-state index is 0.159. The number of thiazole rings is 1. The molecule has 6 heteroatoms. The summed E-state index contributed by atoms with van der Waals surface area (Å²) in [7, 11) is 0. The van der Waals surface area contributed by atoms with Gasteiger partial charge in [0.05, 0.1) is 6.26 Å². The maximum absolute atomic E-state index is 12.4. The van der Waals surface area contributed by atoms with Crippen LogP contribution in [-0.2, 0) is 0 Å². The third kappa shape index (κ3) is 2.13. The third-order valence-corrected chi connectivity index (χ3v) is 3.41. The predicted molar refractivity (Wildman–Crippen MR) is 71.9 cm³/mol. The van der Waals surface area contributed by atoms with Gasteiger partial charge in [-0.05, 0) is 24.3 Å². The molecule has 0 unspecified atom stereocenters. The van der Waals surface area contributed by atoms with Crippen molar-refractivity contribution >= 4 is 22.3 Å². The topological polar surface area (TPSA) is 82.0 Å². The fourth-order valence-corrected chi connectivity index (χ4v) is 2.50. The van der Waals surface area contributed by atoms with Crippen LogP contribution in [0.15, 0.2) is 47.3 Å². The molecular formula is C13H9N3O2S. The van der Waals surface area contributed by atoms with Crippen LogP contribution in [0, 0.1) is 0 Å². The summed E-state index contributed by atoms with van der Waals surface area (Å²) in [5.74, 6) is 0.369. The highest BCUT2D eigenvalue weighted by atomic mass is 32.1. The number of carbonyl (C=O) groups excluding carboxylic acids is 1. The van der Waals surface area contributed by atoms with Crippen molar-refractivity contribution in [3.05, 3.63) is 53.4 Å². The van der Waals surface area contributed by atoms with Crippen molar-refractivity contribution in [2.24, 2.45) is 0 Å². The molecule has 0 aromatic carbocycles. The zero-order valence-electron chi connectivity index (χ0n) is 9.74. The van der Waals surface area contributed by atoms with Crippen LogP contribution < -0.4 is 5.73 Å². The highest BCUT2D eigenvalue weighted by Crippen LogP contribution is 2.31. The van der Waals surface area contributed by atoms with Crippen LogP contribution in [0.4, 0.5) is 5.13 Å². The Hall–Kier alpha value is -2.47. The van der Waals surface area contributed by atoms with Crippen LogP contribution in [0.1, 0.15) is 15.2 Å². The van der Waals surface area contributed by atoms with E-state index in [1.807, 2.05) is 0 Å². The second kappa shape index (κ2) is 4.66. The molecule has 0 aliphatic rings. The molecule has 3 aromatic rings. The molecule has 0 atom stereocenters. The van der Waals surface area contributed by atoms with Crippen LogP contribution in [0.2, 0.25) is 0 Å². The van der Waals surface area contributed by atoms with Gasteiger partial charge in [-0.25, -0.2) is 4.98 Å². The average molecular weight is 271 g/mol. The Morgan fingerprint density at radius 1 is 1.32 bits per heavy atom. The number of nitrogen functional groups attached to an aromatic ring is 1. The van der Waals surface area contributed by atoms with Crippen LogP contribution in [-0.4, -0.2) is 15.8 Å². The number of hydrogen-bond donors (Lipinski definition) is 1. The molecule has 94 valence electrons. The number of carbonyl (C=O) groups is 1. The molecule has 0 fully saturated rings. The Morgan fingerprint density at radius 2 is 2.21 bits per heavy atom. The van der Waals surface area contributed by atoms with E-state index in [0.29, 0.717) is 27.0 Å². The van der Waals surface area contributed by atoms with Gasteiger partial charge < -0.3 is 10.2 Å². The van der Waals surface area contributed by atoms with Crippen molar-refractivity contribution in [1.29, 1.82) is 0 Å². The van der Waals surface area contributed by atoms with Gasteiger partial charge in [0, 0.05) is 18.0 Å². The minimum Gasteiger partial charge on any atom is -0.463 e. The first-order valence-electron chi connectivity index (χ1n) is 5.50. The number of aromatic nitrogens is 2. The molecule has 0 bridgehead atoms. The van der Waals surface area contributed by atoms with Gasteiger partial charge in [0.1, 0.15) is 10.6 Å². The van der Waals surface area contributed by atoms with E-state index < -0.39 is 0 Å². The summed E-state index contributed by atoms with van der Waals surface area (Å²) in [5.41, 5.74) is 6.67. The molecule has 3 aromatic heterocycles. The van der Waals surface area contributed by atoms with E-state index in [9.17, 15) is 4.79 Å². The highest BCUT2D eigenvalue weighted by Gasteiger charge is 2.21. The van der Waals surface area contributed by atoms with Crippen LogP contribution >= 0.6 is 11.3 Å². The van der Waals surface area contributed by atoms with Gasteiger partial charge in [0.15, 0.2) is 10.9 Å². The van der Waals surface area contributed by atoms with Crippen LogP contribution in [0.25, 0.3) is 11.5 Å². The van der Waals surface area contributed by atoms with E-state index in [4.69, 9.17) is 10.2 Å². The molecule has 0 aliphatic carbocycles. The highest BCUT2D eigenvalue weighted by molar-refractivity contribution is 7.18. The van der Waals surface area contributed by atoms with E-state index in [1.165, 1.54) is 12.5 Å². The minimum atomic E-state index is -0.159. The molecule has 0 spiro atoms. The zero-order valence-corrected chi connectivity index (χ0v) is 10.6. The number of nitrogens with two attached hydrogens (primary N) is 1. The van der Waals surface area contributed by atoms with Crippen molar-refractivity contribution in [3.8, 4) is 11.5 Å². The van der Waals surface area contributed by atoms with Crippen molar-refractivity contribution in [3.63, 3.8) is 0 Å². The summed E-state index contributed by atoms with van der Waals surface area (Å²) in [4.78, 5) is 21.0. The summed E-state index contributed by atoms with van der Waals surface area (Å²) < 4.78 is 5.28. The Balaban J connectivity index is 2.09. The summed E-state index contributed by atoms with van der Waals surface area (Å²) in [5, 5.41) is 0.332. The summed E-state index contributed by atoms with van der Waals surface area (Å²) >= 11 is 1.14. The molecule has 0 radical (unpaired) electrons. The second-order valence-electron chi connectivity index (χ2n) is 3.78. The summed E-state index contributed by atoms with van der Waals surface area (Å²) in [6.45, 7) is 0. The monoisotopic (exact) mass is 271 g/mol. The number of rotatable bonds is 3. The quantitative estimate of drug-likeness (QED) is 0.740. The normalized spacial score (nSPS) is 10.5. The summed E-state index contributed by atoms with van der Waals surface area (Å²) in [6, 6.07) is 6.90. The molecule has 0 saturated heterocycles. The lowest BCUT2D eigenvalue weighted by atomic mass is 10.1. The zero-order chi connectivity index (χ0) is 13.2. The van der Waals surface area contributed by atoms with E-state index in [2.05, 4.69) is 9.97 Å². The van der Waals surface area contributed by atoms with Gasteiger partial charge in [0.2, 0.25) is 5.78 Å². The van der Waals surface area contributed by atoms with Gasteiger partial charge in [-0.15, -0.1) is 0 Å². The largest absolute Gasteiger partial charge is 0.463 e. The fourth-order valence-electron chi connectivity index (χ4n) is 1.70. The van der Waals surface area contributed by atoms with E-state index in [0.717, 1.165) is 11.3 Å². The third-order valence-electron chi connectivity index (χ3n) is 2.53. The van der Waals surface area contributed by atoms with Crippen molar-refractivity contribution < 1.29 is 9.21 Å². The maximum atomic E-state index is 12.4. The lowest BCUT2D eigenvalue weighted by Gasteiger charge is -1.99. The molecule has 3 rings (SSSR count). The molecule has 3 heterocycles. The predicted octanol–water partition coefficient (Wildman–Crippen LogP) is 2.61. The maximum Gasteiger partial charge on any atom is 0.206 e. The Kier molecular flexibility index (Phi) is 2.85. The first-order chi connectivity index (χ1) is 9.25. The fraction of sp³-hybridized carbons (Fsp3) is 0. The molecule has 0 amide bonds. The lowest BCUT2D eigenvalue weighted by Crippen LogP contribution is -2.00. The van der Waals surface area contributed by atoms with E-state index in [1.54, 1.807) is 30.5 Å². The van der Waals surface area contributed by atoms with Crippen LogP contribution in [0.5, 0.6) is 0 Å². The SMILES string of the molecule is Nc1nc(-c2ccco2)c(C(=O)c2cccnc2)s1. The molecule has 2 N–H and O–H groups in total. The Morgan fingerprint density at radius 3 is 2.89 bits per heavy atom. The number of hydrogen-bond acceptors (Lipinski definition) is 6. The average Bonchev–Trinajstić information content (AvgIpc) is 3.07.